The molecule has 0 radical (unpaired) electrons. The zero-order valence-corrected chi connectivity index (χ0v) is 15.2. The van der Waals surface area contributed by atoms with Crippen LogP contribution in [-0.2, 0) is 11.3 Å². The van der Waals surface area contributed by atoms with Gasteiger partial charge in [-0.2, -0.15) is 0 Å². The molecule has 26 heavy (non-hydrogen) atoms. The maximum absolute atomic E-state index is 12.3. The summed E-state index contributed by atoms with van der Waals surface area (Å²) in [6, 6.07) is 13.4. The molecular formula is C19H19N3O3S. The van der Waals surface area contributed by atoms with Gasteiger partial charge in [-0.25, -0.2) is 4.98 Å². The number of anilines is 1. The van der Waals surface area contributed by atoms with E-state index >= 15 is 0 Å². The summed E-state index contributed by atoms with van der Waals surface area (Å²) >= 11 is 1.44. The number of nitrogens with one attached hydrogen (secondary N) is 1. The summed E-state index contributed by atoms with van der Waals surface area (Å²) in [5.41, 5.74) is 2.73. The van der Waals surface area contributed by atoms with Crippen molar-refractivity contribution in [3.8, 4) is 11.5 Å². The summed E-state index contributed by atoms with van der Waals surface area (Å²) in [5.74, 6) is 1.58. The molecule has 2 heterocycles. The fourth-order valence-corrected chi connectivity index (χ4v) is 3.80. The van der Waals surface area contributed by atoms with Crippen molar-refractivity contribution in [3.63, 3.8) is 0 Å². The molecule has 0 unspecified atom stereocenters. The Morgan fingerprint density at radius 1 is 1.19 bits per heavy atom. The number of rotatable bonds is 5. The smallest absolute Gasteiger partial charge is 0.234 e. The zero-order valence-electron chi connectivity index (χ0n) is 14.4. The predicted molar refractivity (Wildman–Crippen MR) is 102 cm³/mol. The van der Waals surface area contributed by atoms with Gasteiger partial charge in [0.2, 0.25) is 5.91 Å². The minimum absolute atomic E-state index is 0.0820. The first kappa shape index (κ1) is 16.8. The van der Waals surface area contributed by atoms with Gasteiger partial charge in [-0.3, -0.25) is 4.79 Å². The van der Waals surface area contributed by atoms with Gasteiger partial charge in [0.25, 0.3) is 0 Å². The van der Waals surface area contributed by atoms with Crippen molar-refractivity contribution in [2.45, 2.75) is 18.6 Å². The van der Waals surface area contributed by atoms with Crippen LogP contribution in [0.2, 0.25) is 0 Å². The molecule has 0 saturated carbocycles. The fraction of sp³-hybridized carbons (Fsp3) is 0.263. The summed E-state index contributed by atoms with van der Waals surface area (Å²) < 4.78 is 13.2. The van der Waals surface area contributed by atoms with Crippen molar-refractivity contribution in [2.75, 3.05) is 24.3 Å². The van der Waals surface area contributed by atoms with Gasteiger partial charge < -0.3 is 19.4 Å². The first-order valence-electron chi connectivity index (χ1n) is 8.52. The lowest BCUT2D eigenvalue weighted by atomic mass is 10.2. The second kappa shape index (κ2) is 7.29. The first-order chi connectivity index (χ1) is 12.7. The number of carbonyl (C=O) groups excluding carboxylic acids is 1. The van der Waals surface area contributed by atoms with Crippen LogP contribution in [0, 0.1) is 0 Å². The van der Waals surface area contributed by atoms with Crippen molar-refractivity contribution in [2.24, 2.45) is 0 Å². The number of benzene rings is 2. The van der Waals surface area contributed by atoms with Crippen LogP contribution < -0.4 is 14.8 Å². The number of aryl methyl sites for hydroxylation is 1. The fourth-order valence-electron chi connectivity index (χ4n) is 2.92. The van der Waals surface area contributed by atoms with Gasteiger partial charge in [0.15, 0.2) is 16.7 Å². The van der Waals surface area contributed by atoms with E-state index in [1.54, 1.807) is 6.07 Å². The number of carbonyl (C=O) groups is 1. The Kier molecular flexibility index (Phi) is 4.71. The second-order valence-corrected chi connectivity index (χ2v) is 6.77. The zero-order chi connectivity index (χ0) is 17.9. The van der Waals surface area contributed by atoms with Crippen LogP contribution in [0.1, 0.15) is 6.92 Å². The lowest BCUT2D eigenvalue weighted by Crippen LogP contribution is -2.17. The third kappa shape index (κ3) is 3.35. The Labute approximate surface area is 155 Å². The minimum atomic E-state index is -0.0820. The number of thioether (sulfide) groups is 1. The molecule has 7 heteroatoms. The maximum Gasteiger partial charge on any atom is 0.234 e. The van der Waals surface area contributed by atoms with Crippen molar-refractivity contribution >= 4 is 34.4 Å². The van der Waals surface area contributed by atoms with Gasteiger partial charge in [0.05, 0.1) is 16.8 Å². The van der Waals surface area contributed by atoms with Gasteiger partial charge in [-0.05, 0) is 31.2 Å². The largest absolute Gasteiger partial charge is 0.486 e. The summed E-state index contributed by atoms with van der Waals surface area (Å²) in [5, 5.41) is 3.75. The Bertz CT molecular complexity index is 954. The quantitative estimate of drug-likeness (QED) is 0.697. The Morgan fingerprint density at radius 2 is 2.00 bits per heavy atom. The average molecular weight is 369 g/mol. The Balaban J connectivity index is 1.43. The average Bonchev–Trinajstić information content (AvgIpc) is 3.04. The molecular weight excluding hydrogens is 350 g/mol. The summed E-state index contributed by atoms with van der Waals surface area (Å²) in [6.45, 7) is 3.96. The first-order valence-corrected chi connectivity index (χ1v) is 9.50. The van der Waals surface area contributed by atoms with Crippen molar-refractivity contribution < 1.29 is 14.3 Å². The van der Waals surface area contributed by atoms with Crippen LogP contribution in [0.3, 0.4) is 0 Å². The topological polar surface area (TPSA) is 65.4 Å². The number of ether oxygens (including phenoxy) is 2. The van der Waals surface area contributed by atoms with E-state index in [4.69, 9.17) is 9.47 Å². The van der Waals surface area contributed by atoms with E-state index < -0.39 is 0 Å². The summed E-state index contributed by atoms with van der Waals surface area (Å²) in [7, 11) is 0. The third-order valence-electron chi connectivity index (χ3n) is 4.09. The molecule has 4 rings (SSSR count). The van der Waals surface area contributed by atoms with Crippen molar-refractivity contribution in [1.82, 2.24) is 9.55 Å². The molecule has 134 valence electrons. The Morgan fingerprint density at radius 3 is 2.85 bits per heavy atom. The lowest BCUT2D eigenvalue weighted by Gasteiger charge is -2.19. The number of fused-ring (bicyclic) bond motifs is 2. The summed E-state index contributed by atoms with van der Waals surface area (Å²) in [4.78, 5) is 17.0. The van der Waals surface area contributed by atoms with Gasteiger partial charge in [0.1, 0.15) is 13.2 Å². The SMILES string of the molecule is CCn1c(SCC(=O)Nc2ccc3c(c2)OCCO3)nc2ccccc21. The molecule has 1 amide bonds. The molecule has 1 N–H and O–H groups in total. The number of aromatic nitrogens is 2. The molecule has 1 aliphatic rings. The molecule has 1 aliphatic heterocycles. The molecule has 6 nitrogen and oxygen atoms in total. The van der Waals surface area contributed by atoms with E-state index in [9.17, 15) is 4.79 Å². The van der Waals surface area contributed by atoms with E-state index in [1.165, 1.54) is 11.8 Å². The third-order valence-corrected chi connectivity index (χ3v) is 5.07. The van der Waals surface area contributed by atoms with E-state index in [0.29, 0.717) is 30.4 Å². The van der Waals surface area contributed by atoms with Crippen LogP contribution in [0.4, 0.5) is 5.69 Å². The highest BCUT2D eigenvalue weighted by Gasteiger charge is 2.14. The molecule has 0 spiro atoms. The molecule has 2 aromatic carbocycles. The highest BCUT2D eigenvalue weighted by Crippen LogP contribution is 2.32. The van der Waals surface area contributed by atoms with Crippen LogP contribution in [0.15, 0.2) is 47.6 Å². The highest BCUT2D eigenvalue weighted by molar-refractivity contribution is 7.99. The standard InChI is InChI=1S/C19H19N3O3S/c1-2-22-15-6-4-3-5-14(15)21-19(22)26-12-18(23)20-13-7-8-16-17(11-13)25-10-9-24-16/h3-8,11H,2,9-10,12H2,1H3,(H,20,23). The Hall–Kier alpha value is -2.67. The summed E-state index contributed by atoms with van der Waals surface area (Å²) in [6.07, 6.45) is 0. The van der Waals surface area contributed by atoms with Crippen molar-refractivity contribution in [3.05, 3.63) is 42.5 Å². The van der Waals surface area contributed by atoms with Crippen LogP contribution in [-0.4, -0.2) is 34.4 Å². The number of hydrogen-bond acceptors (Lipinski definition) is 5. The van der Waals surface area contributed by atoms with E-state index in [2.05, 4.69) is 21.8 Å². The molecule has 0 atom stereocenters. The number of amides is 1. The van der Waals surface area contributed by atoms with Gasteiger partial charge in [-0.15, -0.1) is 0 Å². The van der Waals surface area contributed by atoms with E-state index in [0.717, 1.165) is 22.7 Å². The molecule has 0 saturated heterocycles. The number of hydrogen-bond donors (Lipinski definition) is 1. The molecule has 1 aromatic heterocycles. The predicted octanol–water partition coefficient (Wildman–Crippen LogP) is 3.56. The monoisotopic (exact) mass is 369 g/mol. The molecule has 3 aromatic rings. The van der Waals surface area contributed by atoms with Gasteiger partial charge in [-0.1, -0.05) is 23.9 Å². The molecule has 0 bridgehead atoms. The second-order valence-electron chi connectivity index (χ2n) is 5.82. The van der Waals surface area contributed by atoms with Crippen molar-refractivity contribution in [1.29, 1.82) is 0 Å². The normalized spacial score (nSPS) is 13.0. The van der Waals surface area contributed by atoms with Crippen LogP contribution in [0.25, 0.3) is 11.0 Å². The van der Waals surface area contributed by atoms with Crippen LogP contribution in [0.5, 0.6) is 11.5 Å². The highest BCUT2D eigenvalue weighted by atomic mass is 32.2. The van der Waals surface area contributed by atoms with Gasteiger partial charge in [0, 0.05) is 18.3 Å². The molecule has 0 fully saturated rings. The molecule has 0 aliphatic carbocycles. The van der Waals surface area contributed by atoms with E-state index in [-0.39, 0.29) is 11.7 Å². The lowest BCUT2D eigenvalue weighted by molar-refractivity contribution is -0.113. The maximum atomic E-state index is 12.3. The number of para-hydroxylation sites is 2. The van der Waals surface area contributed by atoms with Crippen LogP contribution >= 0.6 is 11.8 Å². The number of imidazole rings is 1. The number of nitrogens with zero attached hydrogens (tertiary/aromatic N) is 2. The van der Waals surface area contributed by atoms with E-state index in [1.807, 2.05) is 36.4 Å². The minimum Gasteiger partial charge on any atom is -0.486 e. The van der Waals surface area contributed by atoms with Gasteiger partial charge >= 0.3 is 0 Å².